The van der Waals surface area contributed by atoms with E-state index in [0.29, 0.717) is 23.3 Å². The van der Waals surface area contributed by atoms with Crippen LogP contribution >= 0.6 is 0 Å². The second-order valence-electron chi connectivity index (χ2n) is 4.40. The summed E-state index contributed by atoms with van der Waals surface area (Å²) in [4.78, 5) is 18.4. The number of carbonyl (C=O) groups is 1. The highest BCUT2D eigenvalue weighted by Crippen LogP contribution is 2.16. The lowest BCUT2D eigenvalue weighted by molar-refractivity contribution is 0.0334. The van der Waals surface area contributed by atoms with E-state index in [2.05, 4.69) is 15.2 Å². The van der Waals surface area contributed by atoms with Gasteiger partial charge in [0.2, 0.25) is 0 Å². The molecule has 1 aliphatic rings. The summed E-state index contributed by atoms with van der Waals surface area (Å²) in [5.41, 5.74) is 1.76. The zero-order valence-electron chi connectivity index (χ0n) is 10.5. The first-order chi connectivity index (χ1) is 9.34. The van der Waals surface area contributed by atoms with Crippen molar-refractivity contribution in [2.45, 2.75) is 0 Å². The van der Waals surface area contributed by atoms with Crippen LogP contribution in [0.2, 0.25) is 0 Å². The van der Waals surface area contributed by atoms with E-state index in [1.807, 2.05) is 0 Å². The first-order valence-electron chi connectivity index (χ1n) is 6.25. The summed E-state index contributed by atoms with van der Waals surface area (Å²) in [6, 6.07) is 5.33. The quantitative estimate of drug-likeness (QED) is 0.887. The molecule has 0 unspecified atom stereocenters. The third kappa shape index (κ3) is 2.59. The van der Waals surface area contributed by atoms with Crippen LogP contribution < -0.4 is 5.32 Å². The molecule has 1 aromatic carbocycles. The molecule has 1 N–H and O–H groups in total. The molecular formula is C13H15N3O3. The van der Waals surface area contributed by atoms with Crippen LogP contribution in [0.5, 0.6) is 0 Å². The Labute approximate surface area is 110 Å². The number of hydrogen-bond acceptors (Lipinski definition) is 5. The van der Waals surface area contributed by atoms with Gasteiger partial charge < -0.3 is 14.5 Å². The predicted molar refractivity (Wildman–Crippen MR) is 68.7 cm³/mol. The minimum atomic E-state index is -0.133. The molecule has 1 fully saturated rings. The van der Waals surface area contributed by atoms with Crippen molar-refractivity contribution in [3.8, 4) is 0 Å². The summed E-state index contributed by atoms with van der Waals surface area (Å²) >= 11 is 0. The number of morpholine rings is 1. The Morgan fingerprint density at radius 1 is 1.37 bits per heavy atom. The average molecular weight is 261 g/mol. The van der Waals surface area contributed by atoms with Crippen LogP contribution in [0.1, 0.15) is 10.4 Å². The number of benzene rings is 1. The normalized spacial score (nSPS) is 16.6. The van der Waals surface area contributed by atoms with Gasteiger partial charge in [-0.05, 0) is 12.1 Å². The van der Waals surface area contributed by atoms with Gasteiger partial charge in [0.05, 0.1) is 25.4 Å². The SMILES string of the molecule is O=C(NCN1CCOCC1)c1cccc2ocnc12. The molecule has 0 aliphatic carbocycles. The van der Waals surface area contributed by atoms with Crippen LogP contribution in [0.4, 0.5) is 0 Å². The molecule has 1 amide bonds. The lowest BCUT2D eigenvalue weighted by atomic mass is 10.2. The van der Waals surface area contributed by atoms with E-state index in [0.717, 1.165) is 26.3 Å². The van der Waals surface area contributed by atoms with Crippen molar-refractivity contribution in [2.75, 3.05) is 33.0 Å². The molecule has 3 rings (SSSR count). The van der Waals surface area contributed by atoms with E-state index in [-0.39, 0.29) is 5.91 Å². The molecule has 1 aliphatic heterocycles. The van der Waals surface area contributed by atoms with Gasteiger partial charge in [-0.15, -0.1) is 0 Å². The molecule has 0 radical (unpaired) electrons. The Hall–Kier alpha value is -1.92. The standard InChI is InChI=1S/C13H15N3O3/c17-13(14-8-16-4-6-18-7-5-16)10-2-1-3-11-12(10)15-9-19-11/h1-3,9H,4-8H2,(H,14,17). The zero-order chi connectivity index (χ0) is 13.1. The number of nitrogens with one attached hydrogen (secondary N) is 1. The smallest absolute Gasteiger partial charge is 0.254 e. The highest BCUT2D eigenvalue weighted by atomic mass is 16.5. The molecular weight excluding hydrogens is 246 g/mol. The molecule has 6 nitrogen and oxygen atoms in total. The van der Waals surface area contributed by atoms with Crippen molar-refractivity contribution in [2.24, 2.45) is 0 Å². The van der Waals surface area contributed by atoms with E-state index < -0.39 is 0 Å². The second kappa shape index (κ2) is 5.38. The van der Waals surface area contributed by atoms with Gasteiger partial charge >= 0.3 is 0 Å². The number of carbonyl (C=O) groups excluding carboxylic acids is 1. The number of fused-ring (bicyclic) bond motifs is 1. The molecule has 6 heteroatoms. The number of amides is 1. The highest BCUT2D eigenvalue weighted by molar-refractivity contribution is 6.04. The summed E-state index contributed by atoms with van der Waals surface area (Å²) in [7, 11) is 0. The third-order valence-corrected chi connectivity index (χ3v) is 3.17. The lowest BCUT2D eigenvalue weighted by Crippen LogP contribution is -2.43. The fraction of sp³-hybridized carbons (Fsp3) is 0.385. The maximum absolute atomic E-state index is 12.1. The Kier molecular flexibility index (Phi) is 3.43. The average Bonchev–Trinajstić information content (AvgIpc) is 2.94. The van der Waals surface area contributed by atoms with E-state index in [9.17, 15) is 4.79 Å². The Morgan fingerprint density at radius 3 is 3.05 bits per heavy atom. The number of para-hydroxylation sites is 1. The molecule has 19 heavy (non-hydrogen) atoms. The van der Waals surface area contributed by atoms with Crippen molar-refractivity contribution in [3.63, 3.8) is 0 Å². The van der Waals surface area contributed by atoms with Gasteiger partial charge in [0.1, 0.15) is 5.52 Å². The number of ether oxygens (including phenoxy) is 1. The minimum Gasteiger partial charge on any atom is -0.443 e. The Morgan fingerprint density at radius 2 is 2.21 bits per heavy atom. The number of aromatic nitrogens is 1. The summed E-state index contributed by atoms with van der Waals surface area (Å²) in [5.74, 6) is -0.133. The van der Waals surface area contributed by atoms with Gasteiger partial charge in [-0.25, -0.2) is 4.98 Å². The van der Waals surface area contributed by atoms with Gasteiger partial charge in [-0.2, -0.15) is 0 Å². The fourth-order valence-electron chi connectivity index (χ4n) is 2.11. The molecule has 0 bridgehead atoms. The van der Waals surface area contributed by atoms with Crippen molar-refractivity contribution in [3.05, 3.63) is 30.2 Å². The van der Waals surface area contributed by atoms with Crippen LogP contribution in [-0.2, 0) is 4.74 Å². The highest BCUT2D eigenvalue weighted by Gasteiger charge is 2.15. The van der Waals surface area contributed by atoms with Crippen LogP contribution in [-0.4, -0.2) is 48.8 Å². The van der Waals surface area contributed by atoms with Crippen LogP contribution in [0.15, 0.2) is 29.0 Å². The summed E-state index contributed by atoms with van der Waals surface area (Å²) in [5, 5.41) is 2.90. The number of rotatable bonds is 3. The predicted octanol–water partition coefficient (Wildman–Crippen LogP) is 0.847. The van der Waals surface area contributed by atoms with Gasteiger partial charge in [-0.3, -0.25) is 9.69 Å². The van der Waals surface area contributed by atoms with Crippen LogP contribution in [0.25, 0.3) is 11.1 Å². The summed E-state index contributed by atoms with van der Waals surface area (Å²) < 4.78 is 10.4. The largest absolute Gasteiger partial charge is 0.443 e. The number of nitrogens with zero attached hydrogens (tertiary/aromatic N) is 2. The third-order valence-electron chi connectivity index (χ3n) is 3.17. The summed E-state index contributed by atoms with van der Waals surface area (Å²) in [6.45, 7) is 3.64. The van der Waals surface area contributed by atoms with E-state index in [4.69, 9.17) is 9.15 Å². The van der Waals surface area contributed by atoms with E-state index >= 15 is 0 Å². The maximum Gasteiger partial charge on any atom is 0.254 e. The van der Waals surface area contributed by atoms with Crippen molar-refractivity contribution >= 4 is 17.0 Å². The van der Waals surface area contributed by atoms with Crippen LogP contribution in [0, 0.1) is 0 Å². The molecule has 1 aromatic heterocycles. The van der Waals surface area contributed by atoms with E-state index in [1.54, 1.807) is 18.2 Å². The maximum atomic E-state index is 12.1. The first kappa shape index (κ1) is 12.1. The van der Waals surface area contributed by atoms with Gasteiger partial charge in [0.15, 0.2) is 12.0 Å². The van der Waals surface area contributed by atoms with E-state index in [1.165, 1.54) is 6.39 Å². The van der Waals surface area contributed by atoms with Gasteiger partial charge in [0, 0.05) is 13.1 Å². The monoisotopic (exact) mass is 261 g/mol. The summed E-state index contributed by atoms with van der Waals surface area (Å²) in [6.07, 6.45) is 1.35. The van der Waals surface area contributed by atoms with Gasteiger partial charge in [0.25, 0.3) is 5.91 Å². The first-order valence-corrected chi connectivity index (χ1v) is 6.25. The Bertz CT molecular complexity index is 575. The molecule has 0 atom stereocenters. The fourth-order valence-corrected chi connectivity index (χ4v) is 2.11. The van der Waals surface area contributed by atoms with Crippen molar-refractivity contribution < 1.29 is 13.9 Å². The van der Waals surface area contributed by atoms with Crippen LogP contribution in [0.3, 0.4) is 0 Å². The minimum absolute atomic E-state index is 0.133. The Balaban J connectivity index is 1.68. The number of oxazole rings is 1. The molecule has 2 heterocycles. The molecule has 0 spiro atoms. The van der Waals surface area contributed by atoms with Crippen molar-refractivity contribution in [1.82, 2.24) is 15.2 Å². The van der Waals surface area contributed by atoms with Crippen molar-refractivity contribution in [1.29, 1.82) is 0 Å². The molecule has 2 aromatic rings. The van der Waals surface area contributed by atoms with Gasteiger partial charge in [-0.1, -0.05) is 6.07 Å². The number of hydrogen-bond donors (Lipinski definition) is 1. The second-order valence-corrected chi connectivity index (χ2v) is 4.40. The molecule has 1 saturated heterocycles. The molecule has 0 saturated carbocycles. The molecule has 100 valence electrons. The lowest BCUT2D eigenvalue weighted by Gasteiger charge is -2.26. The zero-order valence-corrected chi connectivity index (χ0v) is 10.5. The topological polar surface area (TPSA) is 67.6 Å².